The van der Waals surface area contributed by atoms with E-state index in [1.165, 1.54) is 0 Å². The largest absolute Gasteiger partial charge is 0.482 e. The molecular formula is C15H18N4O2. The molecule has 0 saturated heterocycles. The molecule has 1 aliphatic heterocycles. The van der Waals surface area contributed by atoms with Gasteiger partial charge in [0, 0.05) is 38.1 Å². The van der Waals surface area contributed by atoms with Crippen molar-refractivity contribution < 1.29 is 9.53 Å². The zero-order valence-electron chi connectivity index (χ0n) is 11.7. The van der Waals surface area contributed by atoms with Crippen molar-refractivity contribution in [1.29, 1.82) is 0 Å². The fraction of sp³-hybridized carbons (Fsp3) is 0.400. The van der Waals surface area contributed by atoms with Gasteiger partial charge < -0.3 is 14.6 Å². The number of nitrogens with one attached hydrogen (secondary N) is 1. The fourth-order valence-electron chi connectivity index (χ4n) is 2.49. The van der Waals surface area contributed by atoms with Crippen molar-refractivity contribution in [3.8, 4) is 5.75 Å². The third-order valence-corrected chi connectivity index (χ3v) is 3.63. The number of amides is 1. The SMILES string of the molecule is O=C(COc1cccnc1)NC[C@@H]1CCc2nccn2C1. The Kier molecular flexibility index (Phi) is 4.14. The predicted octanol–water partition coefficient (Wildman–Crippen LogP) is 1.04. The minimum Gasteiger partial charge on any atom is -0.482 e. The molecule has 0 unspecified atom stereocenters. The molecule has 2 aromatic rings. The van der Waals surface area contributed by atoms with Crippen molar-refractivity contribution >= 4 is 5.91 Å². The van der Waals surface area contributed by atoms with Crippen LogP contribution < -0.4 is 10.1 Å². The summed E-state index contributed by atoms with van der Waals surface area (Å²) in [4.78, 5) is 20.0. The lowest BCUT2D eigenvalue weighted by atomic mass is 9.99. The number of hydrogen-bond acceptors (Lipinski definition) is 4. The van der Waals surface area contributed by atoms with E-state index in [1.54, 1.807) is 24.5 Å². The summed E-state index contributed by atoms with van der Waals surface area (Å²) in [5.41, 5.74) is 0. The standard InChI is InChI=1S/C15H18N4O2/c20-15(11-21-13-2-1-5-16-9-13)18-8-12-3-4-14-17-6-7-19(14)10-12/h1-2,5-7,9,12H,3-4,8,10-11H2,(H,18,20)/t12-/m0/s1. The van der Waals surface area contributed by atoms with Gasteiger partial charge in [-0.3, -0.25) is 9.78 Å². The van der Waals surface area contributed by atoms with E-state index in [2.05, 4.69) is 19.9 Å². The van der Waals surface area contributed by atoms with Crippen LogP contribution in [-0.2, 0) is 17.8 Å². The van der Waals surface area contributed by atoms with E-state index in [4.69, 9.17) is 4.74 Å². The fourth-order valence-corrected chi connectivity index (χ4v) is 2.49. The molecular weight excluding hydrogens is 268 g/mol. The van der Waals surface area contributed by atoms with Crippen molar-refractivity contribution in [1.82, 2.24) is 19.9 Å². The van der Waals surface area contributed by atoms with E-state index >= 15 is 0 Å². The van der Waals surface area contributed by atoms with Gasteiger partial charge in [-0.05, 0) is 24.5 Å². The molecule has 0 saturated carbocycles. The number of carbonyl (C=O) groups excluding carboxylic acids is 1. The van der Waals surface area contributed by atoms with Crippen LogP contribution in [0.25, 0.3) is 0 Å². The number of carbonyl (C=O) groups is 1. The summed E-state index contributed by atoms with van der Waals surface area (Å²) in [6, 6.07) is 3.56. The van der Waals surface area contributed by atoms with E-state index in [0.29, 0.717) is 18.2 Å². The zero-order chi connectivity index (χ0) is 14.5. The van der Waals surface area contributed by atoms with Crippen LogP contribution in [0.15, 0.2) is 36.9 Å². The molecule has 1 atom stereocenters. The van der Waals surface area contributed by atoms with Crippen molar-refractivity contribution in [2.24, 2.45) is 5.92 Å². The van der Waals surface area contributed by atoms with Crippen molar-refractivity contribution in [3.63, 3.8) is 0 Å². The Bertz CT molecular complexity index is 597. The van der Waals surface area contributed by atoms with Crippen LogP contribution in [0, 0.1) is 5.92 Å². The van der Waals surface area contributed by atoms with Gasteiger partial charge >= 0.3 is 0 Å². The molecule has 0 aromatic carbocycles. The summed E-state index contributed by atoms with van der Waals surface area (Å²) in [5.74, 6) is 2.09. The number of pyridine rings is 1. The lowest BCUT2D eigenvalue weighted by molar-refractivity contribution is -0.123. The molecule has 21 heavy (non-hydrogen) atoms. The molecule has 6 heteroatoms. The highest BCUT2D eigenvalue weighted by atomic mass is 16.5. The zero-order valence-corrected chi connectivity index (χ0v) is 11.7. The van der Waals surface area contributed by atoms with E-state index in [1.807, 2.05) is 12.4 Å². The maximum atomic E-state index is 11.8. The van der Waals surface area contributed by atoms with E-state index < -0.39 is 0 Å². The number of nitrogens with zero attached hydrogens (tertiary/aromatic N) is 3. The molecule has 0 radical (unpaired) electrons. The predicted molar refractivity (Wildman–Crippen MR) is 76.8 cm³/mol. The summed E-state index contributed by atoms with van der Waals surface area (Å²) < 4.78 is 7.52. The van der Waals surface area contributed by atoms with Gasteiger partial charge in [-0.2, -0.15) is 0 Å². The maximum Gasteiger partial charge on any atom is 0.257 e. The molecule has 110 valence electrons. The Labute approximate surface area is 123 Å². The van der Waals surface area contributed by atoms with Crippen LogP contribution in [-0.4, -0.2) is 33.6 Å². The summed E-state index contributed by atoms with van der Waals surface area (Å²) in [6.07, 6.45) is 9.11. The van der Waals surface area contributed by atoms with Crippen LogP contribution in [0.5, 0.6) is 5.75 Å². The Morgan fingerprint density at radius 2 is 2.43 bits per heavy atom. The molecule has 1 N–H and O–H groups in total. The first-order valence-corrected chi connectivity index (χ1v) is 7.11. The molecule has 0 aliphatic carbocycles. The summed E-state index contributed by atoms with van der Waals surface area (Å²) in [5, 5.41) is 2.93. The number of fused-ring (bicyclic) bond motifs is 1. The van der Waals surface area contributed by atoms with Crippen LogP contribution in [0.1, 0.15) is 12.2 Å². The normalized spacial score (nSPS) is 17.0. The van der Waals surface area contributed by atoms with Gasteiger partial charge in [0.2, 0.25) is 0 Å². The highest BCUT2D eigenvalue weighted by Gasteiger charge is 2.19. The number of aromatic nitrogens is 3. The second kappa shape index (κ2) is 6.39. The number of aryl methyl sites for hydroxylation is 1. The molecule has 3 heterocycles. The highest BCUT2D eigenvalue weighted by molar-refractivity contribution is 5.77. The Morgan fingerprint density at radius 3 is 3.29 bits per heavy atom. The third-order valence-electron chi connectivity index (χ3n) is 3.63. The maximum absolute atomic E-state index is 11.8. The molecule has 0 spiro atoms. The minimum absolute atomic E-state index is 0.0226. The van der Waals surface area contributed by atoms with Crippen molar-refractivity contribution in [2.75, 3.05) is 13.2 Å². The first-order valence-electron chi connectivity index (χ1n) is 7.11. The van der Waals surface area contributed by atoms with Gasteiger partial charge in [0.15, 0.2) is 6.61 Å². The number of ether oxygens (including phenoxy) is 1. The quantitative estimate of drug-likeness (QED) is 0.891. The second-order valence-electron chi connectivity index (χ2n) is 5.18. The Morgan fingerprint density at radius 1 is 1.48 bits per heavy atom. The molecule has 0 bridgehead atoms. The number of imidazole rings is 1. The lowest BCUT2D eigenvalue weighted by Crippen LogP contribution is -2.36. The van der Waals surface area contributed by atoms with Gasteiger partial charge in [-0.25, -0.2) is 4.98 Å². The Balaban J connectivity index is 1.40. The Hall–Kier alpha value is -2.37. The number of hydrogen-bond donors (Lipinski definition) is 1. The van der Waals surface area contributed by atoms with Crippen molar-refractivity contribution in [2.45, 2.75) is 19.4 Å². The monoisotopic (exact) mass is 286 g/mol. The third kappa shape index (κ3) is 3.59. The van der Waals surface area contributed by atoms with Crippen molar-refractivity contribution in [3.05, 3.63) is 42.7 Å². The summed E-state index contributed by atoms with van der Waals surface area (Å²) in [7, 11) is 0. The van der Waals surface area contributed by atoms with E-state index in [9.17, 15) is 4.79 Å². The van der Waals surface area contributed by atoms with Crippen LogP contribution in [0.3, 0.4) is 0 Å². The van der Waals surface area contributed by atoms with Gasteiger partial charge in [-0.15, -0.1) is 0 Å². The molecule has 1 amide bonds. The van der Waals surface area contributed by atoms with E-state index in [0.717, 1.165) is 25.2 Å². The molecule has 0 fully saturated rings. The second-order valence-corrected chi connectivity index (χ2v) is 5.18. The smallest absolute Gasteiger partial charge is 0.257 e. The molecule has 1 aliphatic rings. The van der Waals surface area contributed by atoms with Gasteiger partial charge in [0.25, 0.3) is 5.91 Å². The van der Waals surface area contributed by atoms with E-state index in [-0.39, 0.29) is 12.5 Å². The molecule has 3 rings (SSSR count). The average molecular weight is 286 g/mol. The minimum atomic E-state index is -0.102. The number of rotatable bonds is 5. The van der Waals surface area contributed by atoms with Crippen LogP contribution in [0.2, 0.25) is 0 Å². The topological polar surface area (TPSA) is 69.0 Å². The first kappa shape index (κ1) is 13.6. The van der Waals surface area contributed by atoms with Crippen LogP contribution in [0.4, 0.5) is 0 Å². The lowest BCUT2D eigenvalue weighted by Gasteiger charge is -2.23. The van der Waals surface area contributed by atoms with Gasteiger partial charge in [-0.1, -0.05) is 0 Å². The summed E-state index contributed by atoms with van der Waals surface area (Å²) in [6.45, 7) is 1.61. The first-order chi connectivity index (χ1) is 10.3. The van der Waals surface area contributed by atoms with Gasteiger partial charge in [0.05, 0.1) is 6.20 Å². The molecule has 6 nitrogen and oxygen atoms in total. The molecule has 2 aromatic heterocycles. The van der Waals surface area contributed by atoms with Crippen LogP contribution >= 0.6 is 0 Å². The highest BCUT2D eigenvalue weighted by Crippen LogP contribution is 2.17. The average Bonchev–Trinajstić information content (AvgIpc) is 2.99. The van der Waals surface area contributed by atoms with Gasteiger partial charge in [0.1, 0.15) is 11.6 Å². The summed E-state index contributed by atoms with van der Waals surface area (Å²) >= 11 is 0.